The predicted molar refractivity (Wildman–Crippen MR) is 67.6 cm³/mol. The van der Waals surface area contributed by atoms with Crippen LogP contribution in [0.3, 0.4) is 0 Å². The number of carbonyl (C=O) groups excluding carboxylic acids is 1. The van der Waals surface area contributed by atoms with Crippen LogP contribution in [0.15, 0.2) is 47.3 Å². The van der Waals surface area contributed by atoms with Gasteiger partial charge >= 0.3 is 0 Å². The summed E-state index contributed by atoms with van der Waals surface area (Å²) in [6.45, 7) is 0.771. The molecule has 0 unspecified atom stereocenters. The van der Waals surface area contributed by atoms with Crippen LogP contribution in [0.4, 0.5) is 4.39 Å². The minimum absolute atomic E-state index is 0.128. The lowest BCUT2D eigenvalue weighted by Crippen LogP contribution is -2.30. The number of rotatable bonds is 5. The molecule has 0 fully saturated rings. The zero-order valence-corrected chi connectivity index (χ0v) is 10.5. The molecular formula is C14H14FNO3. The van der Waals surface area contributed by atoms with Crippen LogP contribution in [0, 0.1) is 5.82 Å². The molecule has 5 heteroatoms. The van der Waals surface area contributed by atoms with E-state index in [0.29, 0.717) is 24.5 Å². The molecule has 0 atom stereocenters. The van der Waals surface area contributed by atoms with E-state index in [-0.39, 0.29) is 11.7 Å². The molecule has 0 saturated heterocycles. The number of amides is 1. The number of hydrogen-bond donors (Lipinski definition) is 0. The van der Waals surface area contributed by atoms with Crippen molar-refractivity contribution in [3.63, 3.8) is 0 Å². The van der Waals surface area contributed by atoms with Crippen LogP contribution in [0.5, 0.6) is 5.75 Å². The molecule has 0 aliphatic rings. The second-order valence-corrected chi connectivity index (χ2v) is 4.04. The molecule has 100 valence electrons. The van der Waals surface area contributed by atoms with Crippen molar-refractivity contribution in [1.29, 1.82) is 0 Å². The fourth-order valence-electron chi connectivity index (χ4n) is 1.54. The fourth-order valence-corrected chi connectivity index (χ4v) is 1.54. The molecule has 1 heterocycles. The van der Waals surface area contributed by atoms with Gasteiger partial charge in [-0.05, 0) is 30.3 Å². The minimum atomic E-state index is -0.306. The summed E-state index contributed by atoms with van der Waals surface area (Å²) < 4.78 is 23.0. The first-order valence-corrected chi connectivity index (χ1v) is 5.83. The van der Waals surface area contributed by atoms with E-state index in [1.165, 1.54) is 29.6 Å². The van der Waals surface area contributed by atoms with Crippen molar-refractivity contribution in [2.24, 2.45) is 0 Å². The molecule has 0 saturated carbocycles. The van der Waals surface area contributed by atoms with Crippen LogP contribution in [0.2, 0.25) is 0 Å². The second-order valence-electron chi connectivity index (χ2n) is 4.04. The predicted octanol–water partition coefficient (Wildman–Crippen LogP) is 2.57. The number of halogens is 1. The molecule has 2 rings (SSSR count). The average Bonchev–Trinajstić information content (AvgIpc) is 2.94. The topological polar surface area (TPSA) is 42.7 Å². The number of hydrogen-bond acceptors (Lipinski definition) is 3. The van der Waals surface area contributed by atoms with E-state index in [4.69, 9.17) is 9.15 Å². The van der Waals surface area contributed by atoms with E-state index in [2.05, 4.69) is 0 Å². The van der Waals surface area contributed by atoms with Crippen LogP contribution >= 0.6 is 0 Å². The highest BCUT2D eigenvalue weighted by atomic mass is 19.1. The van der Waals surface area contributed by atoms with Gasteiger partial charge in [0.2, 0.25) is 0 Å². The van der Waals surface area contributed by atoms with Crippen LogP contribution in [-0.2, 0) is 0 Å². The molecule has 1 aromatic heterocycles. The third-order valence-corrected chi connectivity index (χ3v) is 2.62. The highest BCUT2D eigenvalue weighted by molar-refractivity contribution is 5.93. The van der Waals surface area contributed by atoms with Gasteiger partial charge in [0.1, 0.15) is 24.4 Å². The van der Waals surface area contributed by atoms with Gasteiger partial charge in [0.25, 0.3) is 5.91 Å². The van der Waals surface area contributed by atoms with E-state index in [9.17, 15) is 9.18 Å². The maximum Gasteiger partial charge on any atom is 0.256 e. The smallest absolute Gasteiger partial charge is 0.256 e. The third kappa shape index (κ3) is 3.58. The number of ether oxygens (including phenoxy) is 1. The van der Waals surface area contributed by atoms with Crippen molar-refractivity contribution in [3.05, 3.63) is 54.2 Å². The van der Waals surface area contributed by atoms with Gasteiger partial charge in [-0.1, -0.05) is 0 Å². The minimum Gasteiger partial charge on any atom is -0.492 e. The molecular weight excluding hydrogens is 249 g/mol. The Balaban J connectivity index is 1.79. The normalized spacial score (nSPS) is 10.2. The van der Waals surface area contributed by atoms with E-state index in [0.717, 1.165) is 0 Å². The molecule has 0 aliphatic carbocycles. The van der Waals surface area contributed by atoms with Crippen molar-refractivity contribution in [3.8, 4) is 5.75 Å². The molecule has 0 N–H and O–H groups in total. The van der Waals surface area contributed by atoms with Crippen LogP contribution in [-0.4, -0.2) is 31.0 Å². The highest BCUT2D eigenvalue weighted by Gasteiger charge is 2.12. The summed E-state index contributed by atoms with van der Waals surface area (Å²) >= 11 is 0. The molecule has 4 nitrogen and oxygen atoms in total. The van der Waals surface area contributed by atoms with Gasteiger partial charge in [-0.15, -0.1) is 0 Å². The van der Waals surface area contributed by atoms with Gasteiger partial charge in [-0.3, -0.25) is 4.79 Å². The molecule has 2 aromatic rings. The van der Waals surface area contributed by atoms with Crippen LogP contribution < -0.4 is 4.74 Å². The standard InChI is InChI=1S/C14H14FNO3/c1-16(14(17)11-6-8-18-10-11)7-9-19-13-4-2-12(15)3-5-13/h2-6,8,10H,7,9H2,1H3. The summed E-state index contributed by atoms with van der Waals surface area (Å²) in [7, 11) is 1.68. The Hall–Kier alpha value is -2.30. The number of benzene rings is 1. The summed E-state index contributed by atoms with van der Waals surface area (Å²) in [6.07, 6.45) is 2.86. The lowest BCUT2D eigenvalue weighted by Gasteiger charge is -2.16. The van der Waals surface area contributed by atoms with E-state index < -0.39 is 0 Å². The van der Waals surface area contributed by atoms with Gasteiger partial charge in [-0.2, -0.15) is 0 Å². The van der Waals surface area contributed by atoms with E-state index in [1.54, 1.807) is 25.2 Å². The van der Waals surface area contributed by atoms with E-state index >= 15 is 0 Å². The molecule has 19 heavy (non-hydrogen) atoms. The van der Waals surface area contributed by atoms with Crippen molar-refractivity contribution in [2.45, 2.75) is 0 Å². The summed E-state index contributed by atoms with van der Waals surface area (Å²) in [5.41, 5.74) is 0.504. The second kappa shape index (κ2) is 6.04. The molecule has 0 aliphatic heterocycles. The monoisotopic (exact) mass is 263 g/mol. The molecule has 0 spiro atoms. The Kier molecular flexibility index (Phi) is 4.18. The average molecular weight is 263 g/mol. The number of nitrogens with zero attached hydrogens (tertiary/aromatic N) is 1. The van der Waals surface area contributed by atoms with Gasteiger partial charge in [-0.25, -0.2) is 4.39 Å². The van der Waals surface area contributed by atoms with Crippen LogP contribution in [0.25, 0.3) is 0 Å². The third-order valence-electron chi connectivity index (χ3n) is 2.62. The van der Waals surface area contributed by atoms with Crippen molar-refractivity contribution < 1.29 is 18.3 Å². The number of carbonyl (C=O) groups is 1. The first-order valence-electron chi connectivity index (χ1n) is 5.83. The van der Waals surface area contributed by atoms with Gasteiger partial charge in [0.05, 0.1) is 18.4 Å². The molecule has 1 aromatic carbocycles. The lowest BCUT2D eigenvalue weighted by molar-refractivity contribution is 0.0773. The lowest BCUT2D eigenvalue weighted by atomic mass is 10.3. The van der Waals surface area contributed by atoms with Crippen LogP contribution in [0.1, 0.15) is 10.4 Å². The van der Waals surface area contributed by atoms with Crippen molar-refractivity contribution >= 4 is 5.91 Å². The maximum atomic E-state index is 12.7. The number of likely N-dealkylation sites (N-methyl/N-ethyl adjacent to an activating group) is 1. The molecule has 1 amide bonds. The zero-order valence-electron chi connectivity index (χ0n) is 10.5. The number of furan rings is 1. The Morgan fingerprint density at radius 1 is 1.32 bits per heavy atom. The first-order chi connectivity index (χ1) is 9.16. The quantitative estimate of drug-likeness (QED) is 0.832. The summed E-state index contributed by atoms with van der Waals surface area (Å²) in [4.78, 5) is 13.4. The van der Waals surface area contributed by atoms with Gasteiger partial charge in [0.15, 0.2) is 0 Å². The Labute approximate surface area is 110 Å². The Bertz CT molecular complexity index is 522. The zero-order chi connectivity index (χ0) is 13.7. The Morgan fingerprint density at radius 2 is 2.05 bits per heavy atom. The van der Waals surface area contributed by atoms with Gasteiger partial charge < -0.3 is 14.1 Å². The van der Waals surface area contributed by atoms with Crippen molar-refractivity contribution in [1.82, 2.24) is 4.90 Å². The maximum absolute atomic E-state index is 12.7. The van der Waals surface area contributed by atoms with Gasteiger partial charge in [0, 0.05) is 7.05 Å². The summed E-state index contributed by atoms with van der Waals surface area (Å²) in [5, 5.41) is 0. The first kappa shape index (κ1) is 13.1. The molecule has 0 radical (unpaired) electrons. The summed E-state index contributed by atoms with van der Waals surface area (Å²) in [5.74, 6) is 0.140. The Morgan fingerprint density at radius 3 is 2.68 bits per heavy atom. The molecule has 0 bridgehead atoms. The largest absolute Gasteiger partial charge is 0.492 e. The van der Waals surface area contributed by atoms with E-state index in [1.807, 2.05) is 0 Å². The SMILES string of the molecule is CN(CCOc1ccc(F)cc1)C(=O)c1ccoc1. The highest BCUT2D eigenvalue weighted by Crippen LogP contribution is 2.11. The van der Waals surface area contributed by atoms with Crippen molar-refractivity contribution in [2.75, 3.05) is 20.2 Å². The fraction of sp³-hybridized carbons (Fsp3) is 0.214. The summed E-state index contributed by atoms with van der Waals surface area (Å²) in [6, 6.07) is 7.37.